The van der Waals surface area contributed by atoms with Crippen LogP contribution in [0, 0.1) is 0 Å². The highest BCUT2D eigenvalue weighted by atomic mass is 32.1. The van der Waals surface area contributed by atoms with Crippen LogP contribution in [-0.2, 0) is 4.79 Å². The van der Waals surface area contributed by atoms with E-state index in [0.717, 1.165) is 24.9 Å². The molecule has 8 heteroatoms. The molecule has 1 fully saturated rings. The van der Waals surface area contributed by atoms with Gasteiger partial charge in [-0.3, -0.25) is 9.59 Å². The highest BCUT2D eigenvalue weighted by Crippen LogP contribution is 2.22. The number of ketones is 1. The Kier molecular flexibility index (Phi) is 5.17. The standard InChI is InChI=1S/C16H19N5O2S/c17-14(23)10-3-1-4-11(9-10)15-20-16(24-21-15)19-8-6-12-13(22)5-2-7-18-12/h1,3-4,9,12,18H,2,5-8H2,(H2,17,23)(H,19,20,21). The predicted octanol–water partition coefficient (Wildman–Crippen LogP) is 1.43. The minimum absolute atomic E-state index is 0.0640. The molecule has 0 spiro atoms. The van der Waals surface area contributed by atoms with E-state index in [0.29, 0.717) is 29.5 Å². The summed E-state index contributed by atoms with van der Waals surface area (Å²) in [5, 5.41) is 7.13. The molecule has 1 atom stereocenters. The summed E-state index contributed by atoms with van der Waals surface area (Å²) in [5.41, 5.74) is 6.47. The monoisotopic (exact) mass is 345 g/mol. The first-order valence-corrected chi connectivity index (χ1v) is 8.65. The number of carbonyl (C=O) groups is 2. The van der Waals surface area contributed by atoms with Gasteiger partial charge in [-0.25, -0.2) is 0 Å². The van der Waals surface area contributed by atoms with Crippen molar-refractivity contribution in [3.8, 4) is 11.4 Å². The zero-order valence-corrected chi connectivity index (χ0v) is 13.9. The van der Waals surface area contributed by atoms with Crippen LogP contribution in [-0.4, -0.2) is 40.2 Å². The molecule has 0 saturated carbocycles. The highest BCUT2D eigenvalue weighted by molar-refractivity contribution is 7.09. The summed E-state index contributed by atoms with van der Waals surface area (Å²) < 4.78 is 4.30. The number of nitrogens with one attached hydrogen (secondary N) is 2. The Labute approximate surface area is 143 Å². The quantitative estimate of drug-likeness (QED) is 0.730. The number of carbonyl (C=O) groups excluding carboxylic acids is 2. The van der Waals surface area contributed by atoms with Crippen LogP contribution in [0.4, 0.5) is 5.13 Å². The number of rotatable bonds is 6. The van der Waals surface area contributed by atoms with E-state index in [2.05, 4.69) is 20.0 Å². The number of hydrogen-bond donors (Lipinski definition) is 3. The van der Waals surface area contributed by atoms with Gasteiger partial charge in [0.25, 0.3) is 0 Å². The van der Waals surface area contributed by atoms with Gasteiger partial charge in [0.1, 0.15) is 5.78 Å². The zero-order valence-electron chi connectivity index (χ0n) is 13.1. The van der Waals surface area contributed by atoms with E-state index in [-0.39, 0.29) is 11.8 Å². The van der Waals surface area contributed by atoms with Gasteiger partial charge in [0.2, 0.25) is 11.0 Å². The number of amides is 1. The van der Waals surface area contributed by atoms with Gasteiger partial charge >= 0.3 is 0 Å². The SMILES string of the molecule is NC(=O)c1cccc(-c2nsc(NCCC3NCCCC3=O)n2)c1. The third-order valence-corrected chi connectivity index (χ3v) is 4.59. The number of nitrogens with zero attached hydrogens (tertiary/aromatic N) is 2. The van der Waals surface area contributed by atoms with Crippen molar-refractivity contribution in [2.24, 2.45) is 5.73 Å². The molecule has 0 aliphatic carbocycles. The molecule has 4 N–H and O–H groups in total. The average Bonchev–Trinajstić information content (AvgIpc) is 3.06. The number of primary amides is 1. The first-order chi connectivity index (χ1) is 11.6. The molecule has 2 aromatic rings. The number of Topliss-reactive ketones (excluding diaryl/α,β-unsaturated/α-hetero) is 1. The summed E-state index contributed by atoms with van der Waals surface area (Å²) in [7, 11) is 0. The predicted molar refractivity (Wildman–Crippen MR) is 93.0 cm³/mol. The third kappa shape index (κ3) is 3.95. The molecule has 1 aliphatic heterocycles. The molecule has 126 valence electrons. The number of anilines is 1. The van der Waals surface area contributed by atoms with Gasteiger partial charge in [0, 0.05) is 35.6 Å². The molecule has 2 heterocycles. The lowest BCUT2D eigenvalue weighted by molar-refractivity contribution is -0.122. The van der Waals surface area contributed by atoms with Gasteiger partial charge in [-0.05, 0) is 31.5 Å². The third-order valence-electron chi connectivity index (χ3n) is 3.92. The Bertz CT molecular complexity index is 746. The van der Waals surface area contributed by atoms with Crippen molar-refractivity contribution < 1.29 is 9.59 Å². The molecule has 1 saturated heterocycles. The first-order valence-electron chi connectivity index (χ1n) is 7.87. The maximum Gasteiger partial charge on any atom is 0.248 e. The smallest absolute Gasteiger partial charge is 0.248 e. The van der Waals surface area contributed by atoms with Crippen LogP contribution in [0.15, 0.2) is 24.3 Å². The molecule has 0 radical (unpaired) electrons. The minimum Gasteiger partial charge on any atom is -0.366 e. The number of benzene rings is 1. The van der Waals surface area contributed by atoms with Gasteiger partial charge in [-0.2, -0.15) is 9.36 Å². The summed E-state index contributed by atoms with van der Waals surface area (Å²) in [5.74, 6) is 0.358. The molecule has 1 aliphatic rings. The Morgan fingerprint density at radius 3 is 3.12 bits per heavy atom. The Balaban J connectivity index is 1.58. The largest absolute Gasteiger partial charge is 0.366 e. The molecular weight excluding hydrogens is 326 g/mol. The van der Waals surface area contributed by atoms with Crippen LogP contribution in [0.2, 0.25) is 0 Å². The second-order valence-corrected chi connectivity index (χ2v) is 6.41. The molecule has 1 unspecified atom stereocenters. The van der Waals surface area contributed by atoms with E-state index < -0.39 is 5.91 Å². The van der Waals surface area contributed by atoms with Crippen LogP contribution >= 0.6 is 11.5 Å². The average molecular weight is 345 g/mol. The second kappa shape index (κ2) is 7.50. The van der Waals surface area contributed by atoms with E-state index in [1.54, 1.807) is 18.2 Å². The molecule has 0 bridgehead atoms. The fourth-order valence-corrected chi connectivity index (χ4v) is 3.25. The van der Waals surface area contributed by atoms with Gasteiger partial charge in [0.15, 0.2) is 5.82 Å². The van der Waals surface area contributed by atoms with E-state index in [4.69, 9.17) is 5.73 Å². The highest BCUT2D eigenvalue weighted by Gasteiger charge is 2.20. The van der Waals surface area contributed by atoms with Crippen LogP contribution in [0.3, 0.4) is 0 Å². The van der Waals surface area contributed by atoms with Crippen LogP contribution < -0.4 is 16.4 Å². The van der Waals surface area contributed by atoms with Gasteiger partial charge in [0.05, 0.1) is 6.04 Å². The van der Waals surface area contributed by atoms with Crippen molar-refractivity contribution in [1.29, 1.82) is 0 Å². The lowest BCUT2D eigenvalue weighted by Crippen LogP contribution is -2.42. The Morgan fingerprint density at radius 1 is 1.46 bits per heavy atom. The van der Waals surface area contributed by atoms with Crippen molar-refractivity contribution in [3.63, 3.8) is 0 Å². The van der Waals surface area contributed by atoms with Gasteiger partial charge < -0.3 is 16.4 Å². The van der Waals surface area contributed by atoms with Crippen molar-refractivity contribution >= 4 is 28.4 Å². The first kappa shape index (κ1) is 16.5. The number of piperidine rings is 1. The molecule has 1 amide bonds. The molecule has 1 aromatic carbocycles. The van der Waals surface area contributed by atoms with Crippen molar-refractivity contribution in [2.45, 2.75) is 25.3 Å². The molecule has 24 heavy (non-hydrogen) atoms. The van der Waals surface area contributed by atoms with Gasteiger partial charge in [-0.15, -0.1) is 0 Å². The molecular formula is C16H19N5O2S. The van der Waals surface area contributed by atoms with Gasteiger partial charge in [-0.1, -0.05) is 12.1 Å². The lowest BCUT2D eigenvalue weighted by Gasteiger charge is -2.22. The van der Waals surface area contributed by atoms with Crippen molar-refractivity contribution in [1.82, 2.24) is 14.7 Å². The van der Waals surface area contributed by atoms with Crippen molar-refractivity contribution in [3.05, 3.63) is 29.8 Å². The van der Waals surface area contributed by atoms with E-state index in [1.165, 1.54) is 11.5 Å². The zero-order chi connectivity index (χ0) is 16.9. The summed E-state index contributed by atoms with van der Waals surface area (Å²) >= 11 is 1.25. The summed E-state index contributed by atoms with van der Waals surface area (Å²) in [4.78, 5) is 27.4. The molecule has 7 nitrogen and oxygen atoms in total. The fourth-order valence-electron chi connectivity index (χ4n) is 2.64. The molecule has 1 aromatic heterocycles. The summed E-state index contributed by atoms with van der Waals surface area (Å²) in [6, 6.07) is 6.86. The normalized spacial score (nSPS) is 17.7. The van der Waals surface area contributed by atoms with Crippen LogP contribution in [0.25, 0.3) is 11.4 Å². The van der Waals surface area contributed by atoms with Crippen LogP contribution in [0.5, 0.6) is 0 Å². The maximum absolute atomic E-state index is 11.8. The lowest BCUT2D eigenvalue weighted by atomic mass is 10.0. The number of nitrogens with two attached hydrogens (primary N) is 1. The van der Waals surface area contributed by atoms with E-state index >= 15 is 0 Å². The van der Waals surface area contributed by atoms with E-state index in [9.17, 15) is 9.59 Å². The number of hydrogen-bond acceptors (Lipinski definition) is 7. The second-order valence-electron chi connectivity index (χ2n) is 5.66. The summed E-state index contributed by atoms with van der Waals surface area (Å²) in [6.07, 6.45) is 2.31. The Hall–Kier alpha value is -2.32. The van der Waals surface area contributed by atoms with E-state index in [1.807, 2.05) is 6.07 Å². The van der Waals surface area contributed by atoms with Crippen LogP contribution in [0.1, 0.15) is 29.6 Å². The minimum atomic E-state index is -0.477. The Morgan fingerprint density at radius 2 is 2.33 bits per heavy atom. The number of aromatic nitrogens is 2. The van der Waals surface area contributed by atoms with Crippen molar-refractivity contribution in [2.75, 3.05) is 18.4 Å². The maximum atomic E-state index is 11.8. The molecule has 3 rings (SSSR count). The topological polar surface area (TPSA) is 110 Å². The summed E-state index contributed by atoms with van der Waals surface area (Å²) in [6.45, 7) is 1.55. The fraction of sp³-hybridized carbons (Fsp3) is 0.375.